The van der Waals surface area contributed by atoms with Crippen LogP contribution in [0.1, 0.15) is 209 Å². The highest BCUT2D eigenvalue weighted by molar-refractivity contribution is 5.90. The molecular formula is C109H135N9O17. The van der Waals surface area contributed by atoms with Gasteiger partial charge in [-0.3, -0.25) is 53.3 Å². The second-order valence-electron chi connectivity index (χ2n) is 42.8. The van der Waals surface area contributed by atoms with Gasteiger partial charge in [0.1, 0.15) is 5.75 Å². The van der Waals surface area contributed by atoms with Crippen LogP contribution in [0.3, 0.4) is 0 Å². The molecule has 22 atom stereocenters. The molecule has 11 fully saturated rings. The summed E-state index contributed by atoms with van der Waals surface area (Å²) in [6, 6.07) is 40.7. The Balaban J connectivity index is 0.000000118. The van der Waals surface area contributed by atoms with Crippen molar-refractivity contribution >= 4 is 65.1 Å². The van der Waals surface area contributed by atoms with Crippen molar-refractivity contribution < 1.29 is 77.4 Å². The number of aliphatic hydroxyl groups is 1. The normalized spacial score (nSPS) is 32.6. The average molecular weight is 1840 g/mol. The lowest BCUT2D eigenvalue weighted by atomic mass is 9.74. The van der Waals surface area contributed by atoms with E-state index in [-0.39, 0.29) is 182 Å². The average Bonchev–Trinajstić information content (AvgIpc) is 1.55. The van der Waals surface area contributed by atoms with Crippen LogP contribution in [0, 0.1) is 134 Å². The number of anilines is 1. The maximum Gasteiger partial charge on any atom is 0.373 e. The fourth-order valence-corrected chi connectivity index (χ4v) is 30.2. The molecule has 5 spiro atoms. The number of fused-ring (bicyclic) bond motifs is 5. The molecule has 0 aromatic heterocycles. The van der Waals surface area contributed by atoms with Crippen molar-refractivity contribution in [2.24, 2.45) is 88.8 Å². The van der Waals surface area contributed by atoms with Gasteiger partial charge < -0.3 is 59.3 Å². The summed E-state index contributed by atoms with van der Waals surface area (Å²) in [6.07, 6.45) is 12.8. The third kappa shape index (κ3) is 15.9. The highest BCUT2D eigenvalue weighted by Crippen LogP contribution is 2.67. The number of carboxylic acids is 1. The molecule has 26 heteroatoms. The fraction of sp³-hybridized carbons (Fsp3) is 0.578. The number of carbonyl (C=O) groups is 9. The molecule has 0 radical (unpaired) electrons. The number of amides is 7. The lowest BCUT2D eigenvalue weighted by Crippen LogP contribution is -2.52. The number of hydrogen-bond donors (Lipinski definition) is 3. The Morgan fingerprint density at radius 1 is 0.459 bits per heavy atom. The van der Waals surface area contributed by atoms with Crippen molar-refractivity contribution in [2.75, 3.05) is 84.6 Å². The molecule has 2 unspecified atom stereocenters. The number of hydrogen-bond acceptors (Lipinski definition) is 17. The first kappa shape index (κ1) is 95.6. The van der Waals surface area contributed by atoms with Crippen LogP contribution in [0.25, 0.3) is 0 Å². The molecule has 718 valence electrons. The van der Waals surface area contributed by atoms with Gasteiger partial charge in [0, 0.05) is 155 Å². The predicted octanol–water partition coefficient (Wildman–Crippen LogP) is 13.2. The second-order valence-corrected chi connectivity index (χ2v) is 42.8. The zero-order chi connectivity index (χ0) is 96.3. The minimum atomic E-state index is -0.747. The monoisotopic (exact) mass is 1840 g/mol. The molecular weight excluding hydrogens is 1710 g/mol. The minimum Gasteiger partial charge on any atom is -0.497 e. The van der Waals surface area contributed by atoms with Crippen molar-refractivity contribution in [3.8, 4) is 5.75 Å². The van der Waals surface area contributed by atoms with Crippen molar-refractivity contribution in [3.05, 3.63) is 209 Å². The summed E-state index contributed by atoms with van der Waals surface area (Å²) in [4.78, 5) is 157. The zero-order valence-corrected chi connectivity index (χ0v) is 81.0. The van der Waals surface area contributed by atoms with Gasteiger partial charge in [0.25, 0.3) is 0 Å². The molecule has 22 rings (SSSR count). The van der Waals surface area contributed by atoms with Crippen LogP contribution in [0.2, 0.25) is 0 Å². The molecule has 11 aliphatic heterocycles. The molecule has 26 nitrogen and oxygen atoms in total. The predicted molar refractivity (Wildman–Crippen MR) is 505 cm³/mol. The third-order valence-electron chi connectivity index (χ3n) is 35.5. The summed E-state index contributed by atoms with van der Waals surface area (Å²) >= 11 is 0. The Morgan fingerprint density at radius 2 is 0.800 bits per heavy atom. The number of ether oxygens (including phenoxy) is 2. The first-order valence-electron chi connectivity index (χ1n) is 49.6. The lowest BCUT2D eigenvalue weighted by Gasteiger charge is -2.44. The quantitative estimate of drug-likeness (QED) is 0.0651. The number of aryl methyl sites for hydroxylation is 7. The van der Waals surface area contributed by atoms with Gasteiger partial charge in [-0.2, -0.15) is 9.59 Å². The SMILES string of the molecule is COC(=O)[C@@H]1[C@@H](C)C[C@@]23c4ccc(C)cc4CCN2C(=O)C[C@@H]13.COc1cccc(N2CCN(C(=O)[C@@H]3[C@@H](C)CC45c6ccc(C)cc6CCCN4C(=O)C[C@@H]35)CC2)c1.Cc1ccc2c(c1)CCCN1C(=O)C[C@H]3[C@H](C(=O)N[C@H](C)[C@@H](C)O)[C@@H](C)CC231.Cc1ccc2c(c1)CCN1C(=O)C[C@H]3[C@H](C(=O)O)[C@@H](C)C[C@]231.Cc1ccc2c(c1)CCN1C(=O)C[C@H]3[C@H](C[N+](=O)[O-])[C@@H](C)C[C@]231.O=C=O. The highest BCUT2D eigenvalue weighted by Gasteiger charge is 2.71. The summed E-state index contributed by atoms with van der Waals surface area (Å²) in [5, 5.41) is 33.6. The van der Waals surface area contributed by atoms with Crippen LogP contribution in [0.15, 0.2) is 115 Å². The molecule has 0 bridgehead atoms. The molecule has 3 N–H and O–H groups in total. The zero-order valence-electron chi connectivity index (χ0n) is 81.0. The summed E-state index contributed by atoms with van der Waals surface area (Å²) in [5.41, 5.74) is 18.7. The number of aliphatic carboxylic acids is 1. The van der Waals surface area contributed by atoms with E-state index in [2.05, 4.69) is 195 Å². The molecule has 135 heavy (non-hydrogen) atoms. The summed E-state index contributed by atoms with van der Waals surface area (Å²) < 4.78 is 10.5. The van der Waals surface area contributed by atoms with E-state index < -0.39 is 18.0 Å². The smallest absolute Gasteiger partial charge is 0.373 e. The van der Waals surface area contributed by atoms with Gasteiger partial charge in [0.2, 0.25) is 47.9 Å². The minimum absolute atomic E-state index is 0.00393. The Hall–Kier alpha value is -11.1. The highest BCUT2D eigenvalue weighted by atomic mass is 16.6. The fourth-order valence-electron chi connectivity index (χ4n) is 30.2. The molecule has 5 saturated carbocycles. The second kappa shape index (κ2) is 37.1. The van der Waals surface area contributed by atoms with E-state index in [1.807, 2.05) is 35.8 Å². The molecule has 11 heterocycles. The van der Waals surface area contributed by atoms with Gasteiger partial charge in [-0.05, 0) is 223 Å². The van der Waals surface area contributed by atoms with Crippen LogP contribution < -0.4 is 15.0 Å². The summed E-state index contributed by atoms with van der Waals surface area (Å²) in [7, 11) is 3.14. The largest absolute Gasteiger partial charge is 0.497 e. The van der Waals surface area contributed by atoms with Gasteiger partial charge in [-0.1, -0.05) is 159 Å². The number of nitrogens with one attached hydrogen (secondary N) is 1. The summed E-state index contributed by atoms with van der Waals surface area (Å²) in [6.45, 7) is 31.6. The number of rotatable bonds is 10. The molecule has 16 aliphatic rings. The number of aliphatic hydroxyl groups excluding tert-OH is 1. The Morgan fingerprint density at radius 3 is 1.19 bits per heavy atom. The number of nitro groups is 1. The van der Waals surface area contributed by atoms with Crippen LogP contribution >= 0.6 is 0 Å². The van der Waals surface area contributed by atoms with Crippen LogP contribution in [-0.2, 0) is 117 Å². The first-order chi connectivity index (χ1) is 64.4. The molecule has 6 saturated heterocycles. The van der Waals surface area contributed by atoms with Crippen LogP contribution in [0.4, 0.5) is 5.69 Å². The number of carbonyl (C=O) groups excluding carboxylic acids is 10. The Bertz CT molecular complexity index is 5740. The number of piperazine rings is 1. The van der Waals surface area contributed by atoms with E-state index in [9.17, 15) is 63.5 Å². The van der Waals surface area contributed by atoms with Gasteiger partial charge in [-0.15, -0.1) is 0 Å². The van der Waals surface area contributed by atoms with Crippen molar-refractivity contribution in [1.29, 1.82) is 0 Å². The van der Waals surface area contributed by atoms with Gasteiger partial charge >= 0.3 is 18.1 Å². The molecule has 6 aromatic rings. The molecule has 5 aliphatic carbocycles. The standard InChI is InChI=1S/C30H37N3O3.C23H32N2O3.C19H23NO3.C18H22N2O3.C18H21NO3.CO2/c1-20-9-10-25-22(16-20)6-5-11-33-27(34)18-26-28(21(2)19-30(25,26)33)29(35)32-14-12-31(13-15-32)23-7-4-8-24(17-23)36-3;1-13-7-8-18-17(10-13)6-5-9-25-20(27)11-19-21(14(2)12-23(18,19)25)22(28)24-15(3)16(4)26;1-11-4-5-14-13(8-11)6-7-20-16(21)9-15-17(18(22)23-3)12(2)10-19(14,15)20;1-11-3-4-15-13(7-11)5-6-19-17(21)8-16-14(10-20(22)23)12(2)9-18(15,16)19;1-10-3-4-13-12(7-10)5-6-19-15(20)8-14-16(17(21)22)11(2)9-18(13,14)19;2-1-3/h4,7-10,16-17,21,26,28H,5-6,11-15,18-19H2,1-3H3;7-8,10,14-16,19,21,26H,5-6,9,11-12H2,1-4H3,(H,24,28);4-5,8,12,15,17H,6-7,9-10H2,1-3H3;3-4,7,12,14,16H,5-6,8-10H2,1-2H3;3-4,7,11,14,16H,5-6,8-9H2,1-2H3,(H,21,22);/t21-,26-,28+,30?;14-,15+,16+,19-,21+,23?;12-,15-,17+,19-;12-,14+,16-,18-;11-,14-,16+,18-;/m00000./s1. The van der Waals surface area contributed by atoms with E-state index in [1.54, 1.807) is 14.0 Å². The number of carboxylic acid groups (broad SMARTS) is 1. The van der Waals surface area contributed by atoms with E-state index in [1.165, 1.54) is 90.6 Å². The number of benzene rings is 6. The van der Waals surface area contributed by atoms with E-state index in [0.717, 1.165) is 134 Å². The number of nitrogens with zero attached hydrogens (tertiary/aromatic N) is 8. The molecule has 6 aromatic carbocycles. The summed E-state index contributed by atoms with van der Waals surface area (Å²) in [5.74, 6) is 1.34. The van der Waals surface area contributed by atoms with Crippen molar-refractivity contribution in [3.63, 3.8) is 0 Å². The van der Waals surface area contributed by atoms with E-state index in [4.69, 9.17) is 19.1 Å². The third-order valence-corrected chi connectivity index (χ3v) is 35.5. The Kier molecular flexibility index (Phi) is 26.3. The first-order valence-corrected chi connectivity index (χ1v) is 49.6. The maximum atomic E-state index is 14.1. The number of esters is 1. The lowest BCUT2D eigenvalue weighted by molar-refractivity contribution is -0.491. The van der Waals surface area contributed by atoms with E-state index in [0.29, 0.717) is 45.2 Å². The topological polar surface area (TPSA) is 325 Å². The van der Waals surface area contributed by atoms with Crippen molar-refractivity contribution in [1.82, 2.24) is 34.7 Å². The van der Waals surface area contributed by atoms with Gasteiger partial charge in [0.05, 0.1) is 65.9 Å². The Labute approximate surface area is 792 Å². The van der Waals surface area contributed by atoms with Gasteiger partial charge in [-0.25, -0.2) is 0 Å². The van der Waals surface area contributed by atoms with Crippen molar-refractivity contribution in [2.45, 2.75) is 232 Å². The van der Waals surface area contributed by atoms with Crippen LogP contribution in [0.5, 0.6) is 5.75 Å². The van der Waals surface area contributed by atoms with E-state index >= 15 is 0 Å². The number of methoxy groups -OCH3 is 2. The van der Waals surface area contributed by atoms with Crippen LogP contribution in [-0.4, -0.2) is 196 Å². The maximum absolute atomic E-state index is 14.1. The van der Waals surface area contributed by atoms with Gasteiger partial charge in [0.15, 0.2) is 0 Å². The molecule has 7 amide bonds.